The van der Waals surface area contributed by atoms with Crippen molar-refractivity contribution in [3.8, 4) is 0 Å². The summed E-state index contributed by atoms with van der Waals surface area (Å²) < 4.78 is 0. The number of carbonyl (C=O) groups is 1. The van der Waals surface area contributed by atoms with Gasteiger partial charge in [-0.05, 0) is 73.0 Å². The van der Waals surface area contributed by atoms with Crippen LogP contribution in [-0.2, 0) is 5.41 Å². The number of piperidine rings is 1. The number of pyridine rings is 1. The predicted molar refractivity (Wildman–Crippen MR) is 139 cm³/mol. The smallest absolute Gasteiger partial charge is 0.253 e. The van der Waals surface area contributed by atoms with E-state index in [1.807, 2.05) is 23.2 Å². The molecule has 1 N–H and O–H groups in total. The van der Waals surface area contributed by atoms with E-state index in [-0.39, 0.29) is 11.3 Å². The molecule has 1 aromatic heterocycles. The Kier molecular flexibility index (Phi) is 6.28. The lowest BCUT2D eigenvalue weighted by Gasteiger charge is -2.22. The maximum absolute atomic E-state index is 13.0. The van der Waals surface area contributed by atoms with Gasteiger partial charge in [-0.2, -0.15) is 0 Å². The van der Waals surface area contributed by atoms with Crippen molar-refractivity contribution in [2.75, 3.05) is 63.1 Å². The molecule has 1 aromatic carbocycles. The Labute approximate surface area is 204 Å². The fourth-order valence-electron chi connectivity index (χ4n) is 5.60. The van der Waals surface area contributed by atoms with E-state index >= 15 is 0 Å². The van der Waals surface area contributed by atoms with Crippen LogP contribution in [0.1, 0.15) is 43.1 Å². The molecular weight excluding hydrogens is 422 g/mol. The number of likely N-dealkylation sites (tertiary alicyclic amines) is 1. The first kappa shape index (κ1) is 23.2. The van der Waals surface area contributed by atoms with Crippen molar-refractivity contribution in [2.45, 2.75) is 32.6 Å². The standard InChI is InChI=1S/C28H39N5O/c1-28(2,3)21-8-6-20(7-9-21)27(34)33-18-24-23(25(24)19-33)17-29-22-10-11-26(30-16-22)32-13-5-12-31(4)14-15-32/h6-11,16,23-25,29H,5,12-15,17-19H2,1-4H3. The van der Waals surface area contributed by atoms with Gasteiger partial charge in [-0.3, -0.25) is 4.79 Å². The van der Waals surface area contributed by atoms with Crippen molar-refractivity contribution in [3.05, 3.63) is 53.7 Å². The molecule has 0 spiro atoms. The lowest BCUT2D eigenvalue weighted by Crippen LogP contribution is -2.32. The van der Waals surface area contributed by atoms with Crippen LogP contribution in [0, 0.1) is 17.8 Å². The summed E-state index contributed by atoms with van der Waals surface area (Å²) in [7, 11) is 2.19. The molecule has 0 radical (unpaired) electrons. The fourth-order valence-corrected chi connectivity index (χ4v) is 5.60. The fraction of sp³-hybridized carbons (Fsp3) is 0.571. The number of benzene rings is 1. The number of carbonyl (C=O) groups excluding carboxylic acids is 1. The van der Waals surface area contributed by atoms with Gasteiger partial charge in [0.1, 0.15) is 5.82 Å². The molecule has 2 aromatic rings. The Bertz CT molecular complexity index is 985. The van der Waals surface area contributed by atoms with Crippen LogP contribution in [0.15, 0.2) is 42.6 Å². The van der Waals surface area contributed by atoms with E-state index in [9.17, 15) is 4.79 Å². The Morgan fingerprint density at radius 3 is 2.38 bits per heavy atom. The van der Waals surface area contributed by atoms with Gasteiger partial charge in [0.25, 0.3) is 5.91 Å². The number of rotatable bonds is 5. The zero-order chi connectivity index (χ0) is 23.9. The monoisotopic (exact) mass is 461 g/mol. The van der Waals surface area contributed by atoms with Gasteiger partial charge >= 0.3 is 0 Å². The van der Waals surface area contributed by atoms with E-state index < -0.39 is 0 Å². The zero-order valence-electron chi connectivity index (χ0n) is 21.1. The molecule has 3 heterocycles. The molecule has 0 bridgehead atoms. The third-order valence-corrected chi connectivity index (χ3v) is 7.99. The highest BCUT2D eigenvalue weighted by atomic mass is 16.2. The van der Waals surface area contributed by atoms with Gasteiger partial charge in [-0.15, -0.1) is 0 Å². The van der Waals surface area contributed by atoms with Crippen LogP contribution in [0.5, 0.6) is 0 Å². The second kappa shape index (κ2) is 9.21. The van der Waals surface area contributed by atoms with E-state index in [2.05, 4.69) is 67.2 Å². The van der Waals surface area contributed by atoms with Crippen molar-refractivity contribution in [1.82, 2.24) is 14.8 Å². The minimum Gasteiger partial charge on any atom is -0.383 e. The summed E-state index contributed by atoms with van der Waals surface area (Å²) in [6.45, 7) is 13.7. The van der Waals surface area contributed by atoms with Gasteiger partial charge in [0.2, 0.25) is 0 Å². The number of nitrogens with one attached hydrogen (secondary N) is 1. The minimum absolute atomic E-state index is 0.108. The van der Waals surface area contributed by atoms with Gasteiger partial charge in [0.05, 0.1) is 11.9 Å². The molecule has 2 aliphatic heterocycles. The maximum atomic E-state index is 13.0. The summed E-state index contributed by atoms with van der Waals surface area (Å²) in [5, 5.41) is 3.59. The average Bonchev–Trinajstić information content (AvgIpc) is 3.37. The average molecular weight is 462 g/mol. The first-order valence-electron chi connectivity index (χ1n) is 12.8. The maximum Gasteiger partial charge on any atom is 0.253 e. The van der Waals surface area contributed by atoms with Crippen molar-refractivity contribution < 1.29 is 4.79 Å². The van der Waals surface area contributed by atoms with Crippen LogP contribution in [0.4, 0.5) is 11.5 Å². The molecule has 1 aliphatic carbocycles. The molecule has 1 saturated carbocycles. The van der Waals surface area contributed by atoms with Crippen LogP contribution < -0.4 is 10.2 Å². The summed E-state index contributed by atoms with van der Waals surface area (Å²) in [5.41, 5.74) is 3.27. The highest BCUT2D eigenvalue weighted by Crippen LogP contribution is 2.51. The van der Waals surface area contributed by atoms with Gasteiger partial charge < -0.3 is 20.0 Å². The lowest BCUT2D eigenvalue weighted by atomic mass is 9.86. The van der Waals surface area contributed by atoms with Crippen molar-refractivity contribution in [2.24, 2.45) is 17.8 Å². The van der Waals surface area contributed by atoms with Gasteiger partial charge in [0.15, 0.2) is 0 Å². The third-order valence-electron chi connectivity index (χ3n) is 7.99. The summed E-state index contributed by atoms with van der Waals surface area (Å²) >= 11 is 0. The molecule has 3 aliphatic rings. The van der Waals surface area contributed by atoms with Crippen molar-refractivity contribution in [1.29, 1.82) is 0 Å². The van der Waals surface area contributed by atoms with Crippen LogP contribution in [0.25, 0.3) is 0 Å². The van der Waals surface area contributed by atoms with Gasteiger partial charge in [-0.25, -0.2) is 4.98 Å². The van der Waals surface area contributed by atoms with E-state index in [4.69, 9.17) is 4.98 Å². The van der Waals surface area contributed by atoms with Gasteiger partial charge in [-0.1, -0.05) is 32.9 Å². The molecule has 2 unspecified atom stereocenters. The number of aromatic nitrogens is 1. The third kappa shape index (κ3) is 4.92. The first-order valence-corrected chi connectivity index (χ1v) is 12.8. The molecule has 6 heteroatoms. The molecule has 6 nitrogen and oxygen atoms in total. The number of nitrogens with zero attached hydrogens (tertiary/aromatic N) is 4. The summed E-state index contributed by atoms with van der Waals surface area (Å²) in [4.78, 5) is 24.5. The Hall–Kier alpha value is -2.60. The molecule has 1 amide bonds. The van der Waals surface area contributed by atoms with E-state index in [1.165, 1.54) is 12.0 Å². The first-order chi connectivity index (χ1) is 16.3. The van der Waals surface area contributed by atoms with Gasteiger partial charge in [0, 0.05) is 44.8 Å². The Morgan fingerprint density at radius 1 is 1.00 bits per heavy atom. The molecule has 34 heavy (non-hydrogen) atoms. The number of amides is 1. The van der Waals surface area contributed by atoms with E-state index in [0.29, 0.717) is 17.8 Å². The summed E-state index contributed by atoms with van der Waals surface area (Å²) in [6.07, 6.45) is 3.16. The number of hydrogen-bond donors (Lipinski definition) is 1. The molecule has 3 fully saturated rings. The largest absolute Gasteiger partial charge is 0.383 e. The molecule has 182 valence electrons. The molecular formula is C28H39N5O. The zero-order valence-corrected chi connectivity index (χ0v) is 21.1. The van der Waals surface area contributed by atoms with E-state index in [0.717, 1.165) is 62.9 Å². The summed E-state index contributed by atoms with van der Waals surface area (Å²) in [6, 6.07) is 12.5. The topological polar surface area (TPSA) is 51.7 Å². The number of anilines is 2. The molecule has 2 atom stereocenters. The SMILES string of the molecule is CN1CCCN(c2ccc(NCC3C4CN(C(=O)c5ccc(C(C)(C)C)cc5)CC34)cn2)CC1. The minimum atomic E-state index is 0.108. The van der Waals surface area contributed by atoms with Crippen molar-refractivity contribution in [3.63, 3.8) is 0 Å². The summed E-state index contributed by atoms with van der Waals surface area (Å²) in [5.74, 6) is 3.18. The second-order valence-electron chi connectivity index (χ2n) is 11.5. The number of fused-ring (bicyclic) bond motifs is 1. The van der Waals surface area contributed by atoms with Crippen molar-refractivity contribution >= 4 is 17.4 Å². The quantitative estimate of drug-likeness (QED) is 0.731. The predicted octanol–water partition coefficient (Wildman–Crippen LogP) is 3.95. The Balaban J connectivity index is 1.08. The number of hydrogen-bond acceptors (Lipinski definition) is 5. The molecule has 2 saturated heterocycles. The normalized spacial score (nSPS) is 25.1. The van der Waals surface area contributed by atoms with Crippen LogP contribution in [0.3, 0.4) is 0 Å². The number of likely N-dealkylation sites (N-methyl/N-ethyl adjacent to an activating group) is 1. The van der Waals surface area contributed by atoms with Crippen LogP contribution in [0.2, 0.25) is 0 Å². The molecule has 5 rings (SSSR count). The van der Waals surface area contributed by atoms with E-state index in [1.54, 1.807) is 0 Å². The second-order valence-corrected chi connectivity index (χ2v) is 11.5. The Morgan fingerprint density at radius 2 is 1.74 bits per heavy atom. The highest BCUT2D eigenvalue weighted by molar-refractivity contribution is 5.94. The van der Waals surface area contributed by atoms with Crippen LogP contribution >= 0.6 is 0 Å². The lowest BCUT2D eigenvalue weighted by molar-refractivity contribution is 0.0768. The van der Waals surface area contributed by atoms with Crippen LogP contribution in [-0.4, -0.2) is 73.6 Å². The highest BCUT2D eigenvalue weighted by Gasteiger charge is 2.56.